The molecule has 0 radical (unpaired) electrons. The van der Waals surface area contributed by atoms with Crippen LogP contribution < -0.4 is 5.32 Å². The molecule has 1 unspecified atom stereocenters. The summed E-state index contributed by atoms with van der Waals surface area (Å²) >= 11 is 0. The Kier molecular flexibility index (Phi) is 3.13. The summed E-state index contributed by atoms with van der Waals surface area (Å²) < 4.78 is 15.2. The Morgan fingerprint density at radius 3 is 2.76 bits per heavy atom. The molecule has 1 N–H and O–H groups in total. The van der Waals surface area contributed by atoms with Gasteiger partial charge in [-0.1, -0.05) is 6.07 Å². The lowest BCUT2D eigenvalue weighted by atomic mass is 10.1. The molecule has 0 saturated heterocycles. The Balaban J connectivity index is 2.22. The van der Waals surface area contributed by atoms with Crippen LogP contribution in [0, 0.1) is 12.7 Å². The van der Waals surface area contributed by atoms with E-state index >= 15 is 0 Å². The van der Waals surface area contributed by atoms with E-state index in [1.807, 2.05) is 30.8 Å². The van der Waals surface area contributed by atoms with E-state index in [0.29, 0.717) is 5.56 Å². The first-order valence-corrected chi connectivity index (χ1v) is 5.59. The number of halogens is 1. The number of hydrogen-bond acceptors (Lipinski definition) is 2. The lowest BCUT2D eigenvalue weighted by molar-refractivity contribution is 0.618. The van der Waals surface area contributed by atoms with Crippen LogP contribution in [-0.4, -0.2) is 9.78 Å². The summed E-state index contributed by atoms with van der Waals surface area (Å²) in [5.74, 6) is -0.188. The maximum absolute atomic E-state index is 13.4. The highest BCUT2D eigenvalue weighted by molar-refractivity contribution is 5.52. The molecular weight excluding hydrogens is 217 g/mol. The van der Waals surface area contributed by atoms with Crippen LogP contribution in [0.4, 0.5) is 10.1 Å². The predicted octanol–water partition coefficient (Wildman–Crippen LogP) is 3.04. The number of anilines is 1. The van der Waals surface area contributed by atoms with Gasteiger partial charge < -0.3 is 5.32 Å². The maximum atomic E-state index is 13.4. The molecule has 0 saturated carbocycles. The van der Waals surface area contributed by atoms with Crippen LogP contribution in [0.5, 0.6) is 0 Å². The standard InChI is InChI=1S/C13H16FN3/c1-9-11(14)5-4-6-12(9)16-10(2)13-7-8-15-17(13)3/h4-8,10,16H,1-3H3. The van der Waals surface area contributed by atoms with Gasteiger partial charge in [-0.2, -0.15) is 5.10 Å². The Hall–Kier alpha value is -1.84. The molecule has 1 aromatic carbocycles. The van der Waals surface area contributed by atoms with E-state index in [9.17, 15) is 4.39 Å². The Bertz CT molecular complexity index is 519. The molecule has 0 aliphatic carbocycles. The van der Waals surface area contributed by atoms with Crippen molar-refractivity contribution < 1.29 is 4.39 Å². The molecule has 0 spiro atoms. The number of aryl methyl sites for hydroxylation is 1. The molecule has 1 aromatic heterocycles. The number of benzene rings is 1. The fourth-order valence-electron chi connectivity index (χ4n) is 1.88. The van der Waals surface area contributed by atoms with Crippen molar-refractivity contribution in [2.24, 2.45) is 7.05 Å². The second-order valence-corrected chi connectivity index (χ2v) is 4.16. The van der Waals surface area contributed by atoms with Gasteiger partial charge >= 0.3 is 0 Å². The predicted molar refractivity (Wildman–Crippen MR) is 66.4 cm³/mol. The summed E-state index contributed by atoms with van der Waals surface area (Å²) in [4.78, 5) is 0. The van der Waals surface area contributed by atoms with Gasteiger partial charge in [-0.3, -0.25) is 4.68 Å². The van der Waals surface area contributed by atoms with Gasteiger partial charge in [0.05, 0.1) is 11.7 Å². The zero-order valence-electron chi connectivity index (χ0n) is 10.2. The summed E-state index contributed by atoms with van der Waals surface area (Å²) in [6.07, 6.45) is 1.76. The topological polar surface area (TPSA) is 29.9 Å². The molecule has 17 heavy (non-hydrogen) atoms. The van der Waals surface area contributed by atoms with E-state index in [0.717, 1.165) is 11.4 Å². The molecule has 0 aliphatic heterocycles. The maximum Gasteiger partial charge on any atom is 0.128 e. The zero-order valence-corrected chi connectivity index (χ0v) is 10.2. The van der Waals surface area contributed by atoms with Gasteiger partial charge in [0, 0.05) is 24.5 Å². The number of nitrogens with zero attached hydrogens (tertiary/aromatic N) is 2. The van der Waals surface area contributed by atoms with E-state index in [1.54, 1.807) is 19.2 Å². The monoisotopic (exact) mass is 233 g/mol. The molecule has 0 bridgehead atoms. The molecule has 90 valence electrons. The minimum Gasteiger partial charge on any atom is -0.377 e. The van der Waals surface area contributed by atoms with Gasteiger partial charge in [-0.05, 0) is 32.0 Å². The SMILES string of the molecule is Cc1c(F)cccc1NC(C)c1ccnn1C. The van der Waals surface area contributed by atoms with Crippen molar-refractivity contribution in [2.45, 2.75) is 19.9 Å². The van der Waals surface area contributed by atoms with Gasteiger partial charge in [0.25, 0.3) is 0 Å². The van der Waals surface area contributed by atoms with Crippen LogP contribution in [-0.2, 0) is 7.05 Å². The zero-order chi connectivity index (χ0) is 12.4. The number of rotatable bonds is 3. The molecule has 1 heterocycles. The lowest BCUT2D eigenvalue weighted by Crippen LogP contribution is -2.12. The highest BCUT2D eigenvalue weighted by Crippen LogP contribution is 2.23. The Morgan fingerprint density at radius 2 is 2.12 bits per heavy atom. The molecule has 2 rings (SSSR count). The molecule has 3 nitrogen and oxygen atoms in total. The van der Waals surface area contributed by atoms with E-state index in [2.05, 4.69) is 10.4 Å². The molecule has 1 atom stereocenters. The van der Waals surface area contributed by atoms with Crippen LogP contribution in [0.1, 0.15) is 24.2 Å². The van der Waals surface area contributed by atoms with Crippen LogP contribution >= 0.6 is 0 Å². The minimum atomic E-state index is -0.188. The van der Waals surface area contributed by atoms with Gasteiger partial charge in [0.1, 0.15) is 5.82 Å². The van der Waals surface area contributed by atoms with E-state index in [4.69, 9.17) is 0 Å². The van der Waals surface area contributed by atoms with Crippen molar-refractivity contribution in [3.05, 3.63) is 47.5 Å². The van der Waals surface area contributed by atoms with Crippen molar-refractivity contribution >= 4 is 5.69 Å². The van der Waals surface area contributed by atoms with Crippen LogP contribution in [0.25, 0.3) is 0 Å². The Labute approximate surface area is 100 Å². The minimum absolute atomic E-state index is 0.0861. The molecule has 0 fully saturated rings. The first kappa shape index (κ1) is 11.6. The third kappa shape index (κ3) is 2.30. The van der Waals surface area contributed by atoms with Crippen LogP contribution in [0.15, 0.2) is 30.5 Å². The van der Waals surface area contributed by atoms with E-state index in [-0.39, 0.29) is 11.9 Å². The van der Waals surface area contributed by atoms with Crippen LogP contribution in [0.2, 0.25) is 0 Å². The number of nitrogens with one attached hydrogen (secondary N) is 1. The van der Waals surface area contributed by atoms with Crippen molar-refractivity contribution in [1.29, 1.82) is 0 Å². The van der Waals surface area contributed by atoms with Crippen molar-refractivity contribution in [3.8, 4) is 0 Å². The van der Waals surface area contributed by atoms with Crippen LogP contribution in [0.3, 0.4) is 0 Å². The fourth-order valence-corrected chi connectivity index (χ4v) is 1.88. The summed E-state index contributed by atoms with van der Waals surface area (Å²) in [5, 5.41) is 7.42. The van der Waals surface area contributed by atoms with Crippen molar-refractivity contribution in [2.75, 3.05) is 5.32 Å². The average molecular weight is 233 g/mol. The quantitative estimate of drug-likeness (QED) is 0.883. The smallest absolute Gasteiger partial charge is 0.128 e. The van der Waals surface area contributed by atoms with E-state index in [1.165, 1.54) is 6.07 Å². The molecule has 0 aliphatic rings. The highest BCUT2D eigenvalue weighted by Gasteiger charge is 2.11. The summed E-state index contributed by atoms with van der Waals surface area (Å²) in [7, 11) is 1.89. The molecule has 4 heteroatoms. The summed E-state index contributed by atoms with van der Waals surface area (Å²) in [6.45, 7) is 3.80. The third-order valence-electron chi connectivity index (χ3n) is 2.94. The second kappa shape index (κ2) is 4.57. The molecular formula is C13H16FN3. The lowest BCUT2D eigenvalue weighted by Gasteiger charge is -2.17. The van der Waals surface area contributed by atoms with Gasteiger partial charge in [0.2, 0.25) is 0 Å². The third-order valence-corrected chi connectivity index (χ3v) is 2.94. The fraction of sp³-hybridized carbons (Fsp3) is 0.308. The first-order chi connectivity index (χ1) is 8.09. The summed E-state index contributed by atoms with van der Waals surface area (Å²) in [5.41, 5.74) is 2.52. The van der Waals surface area contributed by atoms with Gasteiger partial charge in [0.15, 0.2) is 0 Å². The van der Waals surface area contributed by atoms with E-state index < -0.39 is 0 Å². The Morgan fingerprint density at radius 1 is 1.35 bits per heavy atom. The van der Waals surface area contributed by atoms with Crippen molar-refractivity contribution in [1.82, 2.24) is 9.78 Å². The van der Waals surface area contributed by atoms with Gasteiger partial charge in [-0.15, -0.1) is 0 Å². The summed E-state index contributed by atoms with van der Waals surface area (Å²) in [6, 6.07) is 7.09. The van der Waals surface area contributed by atoms with Gasteiger partial charge in [-0.25, -0.2) is 4.39 Å². The van der Waals surface area contributed by atoms with Crippen molar-refractivity contribution in [3.63, 3.8) is 0 Å². The number of hydrogen-bond donors (Lipinski definition) is 1. The highest BCUT2D eigenvalue weighted by atomic mass is 19.1. The average Bonchev–Trinajstić information content (AvgIpc) is 2.71. The molecule has 2 aromatic rings. The second-order valence-electron chi connectivity index (χ2n) is 4.16. The largest absolute Gasteiger partial charge is 0.377 e. The number of aromatic nitrogens is 2. The first-order valence-electron chi connectivity index (χ1n) is 5.59. The normalized spacial score (nSPS) is 12.5. The molecule has 0 amide bonds.